The number of rotatable bonds is 5. The molecule has 0 aliphatic rings. The Morgan fingerprint density at radius 2 is 1.86 bits per heavy atom. The SMILES string of the molecule is N#CCCn1cc(C=Cc2ccc3ccccc3n2)c(-c2ccc(F)c(F)c2)n1. The molecule has 4 aromatic rings. The van der Waals surface area contributed by atoms with Crippen molar-refractivity contribution in [2.45, 2.75) is 13.0 Å². The molecule has 2 aromatic heterocycles. The molecule has 0 radical (unpaired) electrons. The number of nitriles is 1. The monoisotopic (exact) mass is 386 g/mol. The Bertz CT molecular complexity index is 1250. The van der Waals surface area contributed by atoms with E-state index >= 15 is 0 Å². The van der Waals surface area contributed by atoms with Gasteiger partial charge < -0.3 is 0 Å². The summed E-state index contributed by atoms with van der Waals surface area (Å²) >= 11 is 0. The molecule has 0 spiro atoms. The van der Waals surface area contributed by atoms with Crippen LogP contribution in [0.3, 0.4) is 0 Å². The van der Waals surface area contributed by atoms with Crippen LogP contribution in [-0.4, -0.2) is 14.8 Å². The van der Waals surface area contributed by atoms with Gasteiger partial charge in [0.2, 0.25) is 0 Å². The lowest BCUT2D eigenvalue weighted by atomic mass is 10.1. The first-order chi connectivity index (χ1) is 14.1. The number of aryl methyl sites for hydroxylation is 1. The van der Waals surface area contributed by atoms with Crippen LogP contribution >= 0.6 is 0 Å². The fourth-order valence-electron chi connectivity index (χ4n) is 3.06. The number of hydrogen-bond acceptors (Lipinski definition) is 3. The van der Waals surface area contributed by atoms with Gasteiger partial charge in [0.1, 0.15) is 0 Å². The zero-order valence-electron chi connectivity index (χ0n) is 15.4. The predicted octanol–water partition coefficient (Wildman–Crippen LogP) is 5.46. The first kappa shape index (κ1) is 18.5. The van der Waals surface area contributed by atoms with Crippen molar-refractivity contribution in [1.82, 2.24) is 14.8 Å². The van der Waals surface area contributed by atoms with E-state index in [1.807, 2.05) is 48.6 Å². The van der Waals surface area contributed by atoms with Crippen molar-refractivity contribution in [2.24, 2.45) is 0 Å². The van der Waals surface area contributed by atoms with Crippen LogP contribution in [0.1, 0.15) is 17.7 Å². The summed E-state index contributed by atoms with van der Waals surface area (Å²) < 4.78 is 28.7. The Morgan fingerprint density at radius 3 is 2.69 bits per heavy atom. The Balaban J connectivity index is 1.72. The van der Waals surface area contributed by atoms with E-state index in [1.54, 1.807) is 10.9 Å². The molecule has 4 nitrogen and oxygen atoms in total. The summed E-state index contributed by atoms with van der Waals surface area (Å²) in [6.07, 6.45) is 5.77. The second-order valence-corrected chi connectivity index (χ2v) is 6.50. The molecule has 0 saturated carbocycles. The summed E-state index contributed by atoms with van der Waals surface area (Å²) in [6.45, 7) is 0.412. The first-order valence-corrected chi connectivity index (χ1v) is 9.08. The van der Waals surface area contributed by atoms with E-state index in [-0.39, 0.29) is 0 Å². The summed E-state index contributed by atoms with van der Waals surface area (Å²) in [7, 11) is 0. The van der Waals surface area contributed by atoms with E-state index in [1.165, 1.54) is 6.07 Å². The smallest absolute Gasteiger partial charge is 0.159 e. The normalized spacial score (nSPS) is 11.2. The predicted molar refractivity (Wildman–Crippen MR) is 108 cm³/mol. The average Bonchev–Trinajstić information content (AvgIpc) is 3.15. The fraction of sp³-hybridized carbons (Fsp3) is 0.0870. The maximum atomic E-state index is 13.7. The van der Waals surface area contributed by atoms with Gasteiger partial charge in [-0.2, -0.15) is 10.4 Å². The second kappa shape index (κ2) is 8.03. The zero-order valence-corrected chi connectivity index (χ0v) is 15.4. The minimum absolute atomic E-state index is 0.300. The topological polar surface area (TPSA) is 54.5 Å². The number of para-hydroxylation sites is 1. The van der Waals surface area contributed by atoms with Gasteiger partial charge in [-0.15, -0.1) is 0 Å². The number of nitrogens with zero attached hydrogens (tertiary/aromatic N) is 4. The number of aromatic nitrogens is 3. The third-order valence-corrected chi connectivity index (χ3v) is 4.49. The van der Waals surface area contributed by atoms with E-state index in [2.05, 4.69) is 16.2 Å². The lowest BCUT2D eigenvalue weighted by Crippen LogP contribution is -1.97. The summed E-state index contributed by atoms with van der Waals surface area (Å²) in [5, 5.41) is 14.3. The van der Waals surface area contributed by atoms with E-state index in [9.17, 15) is 8.78 Å². The molecule has 0 amide bonds. The van der Waals surface area contributed by atoms with Crippen molar-refractivity contribution in [1.29, 1.82) is 5.26 Å². The zero-order chi connectivity index (χ0) is 20.2. The Kier molecular flexibility index (Phi) is 5.12. The van der Waals surface area contributed by atoms with Gasteiger partial charge in [0.15, 0.2) is 11.6 Å². The van der Waals surface area contributed by atoms with Gasteiger partial charge in [-0.05, 0) is 42.5 Å². The van der Waals surface area contributed by atoms with Crippen molar-refractivity contribution >= 4 is 23.1 Å². The minimum atomic E-state index is -0.930. The molecule has 4 rings (SSSR count). The number of hydrogen-bond donors (Lipinski definition) is 0. The van der Waals surface area contributed by atoms with Crippen LogP contribution in [0.4, 0.5) is 8.78 Å². The van der Waals surface area contributed by atoms with Gasteiger partial charge >= 0.3 is 0 Å². The molecule has 0 N–H and O–H groups in total. The quantitative estimate of drug-likeness (QED) is 0.458. The molecule has 142 valence electrons. The molecule has 0 bridgehead atoms. The summed E-state index contributed by atoms with van der Waals surface area (Å²) in [5.74, 6) is -1.84. The molecule has 6 heteroatoms. The Morgan fingerprint density at radius 1 is 1.00 bits per heavy atom. The molecule has 0 aliphatic carbocycles. The molecule has 0 atom stereocenters. The van der Waals surface area contributed by atoms with Gasteiger partial charge in [-0.25, -0.2) is 13.8 Å². The maximum Gasteiger partial charge on any atom is 0.159 e. The summed E-state index contributed by atoms with van der Waals surface area (Å²) in [5.41, 5.74) is 3.36. The summed E-state index contributed by atoms with van der Waals surface area (Å²) in [4.78, 5) is 4.61. The first-order valence-electron chi connectivity index (χ1n) is 9.08. The molecule has 2 aromatic carbocycles. The largest absolute Gasteiger partial charge is 0.270 e. The molecule has 0 aliphatic heterocycles. The highest BCUT2D eigenvalue weighted by molar-refractivity contribution is 5.82. The molecule has 2 heterocycles. The number of halogens is 2. The summed E-state index contributed by atoms with van der Waals surface area (Å²) in [6, 6.07) is 17.5. The highest BCUT2D eigenvalue weighted by atomic mass is 19.2. The van der Waals surface area contributed by atoms with E-state index in [0.717, 1.165) is 34.3 Å². The van der Waals surface area contributed by atoms with Gasteiger partial charge in [0.05, 0.1) is 35.9 Å². The molecule has 0 saturated heterocycles. The third kappa shape index (κ3) is 4.04. The second-order valence-electron chi connectivity index (χ2n) is 6.50. The Labute approximate surface area is 166 Å². The molecule has 0 fully saturated rings. The van der Waals surface area contributed by atoms with Crippen LogP contribution in [0.5, 0.6) is 0 Å². The van der Waals surface area contributed by atoms with Crippen LogP contribution in [0.15, 0.2) is 60.8 Å². The van der Waals surface area contributed by atoms with Gasteiger partial charge in [-0.1, -0.05) is 24.3 Å². The molecular weight excluding hydrogens is 370 g/mol. The molecular formula is C23H16F2N4. The van der Waals surface area contributed by atoms with Crippen molar-refractivity contribution in [3.8, 4) is 17.3 Å². The highest BCUT2D eigenvalue weighted by Gasteiger charge is 2.12. The van der Waals surface area contributed by atoms with Crippen molar-refractivity contribution in [2.75, 3.05) is 0 Å². The standard InChI is InChI=1S/C23H16F2N4/c24-20-11-8-17(14-21(20)25)23-18(15-29(28-23)13-3-12-26)7-10-19-9-6-16-4-1-2-5-22(16)27-19/h1-2,4-11,14-15H,3,13H2. The van der Waals surface area contributed by atoms with Crippen molar-refractivity contribution in [3.63, 3.8) is 0 Å². The minimum Gasteiger partial charge on any atom is -0.270 e. The van der Waals surface area contributed by atoms with Gasteiger partial charge in [-0.3, -0.25) is 4.68 Å². The van der Waals surface area contributed by atoms with Crippen LogP contribution < -0.4 is 0 Å². The maximum absolute atomic E-state index is 13.7. The van der Waals surface area contributed by atoms with Crippen LogP contribution in [0.2, 0.25) is 0 Å². The number of fused-ring (bicyclic) bond motifs is 1. The molecule has 0 unspecified atom stereocenters. The fourth-order valence-corrected chi connectivity index (χ4v) is 3.06. The van der Waals surface area contributed by atoms with Crippen LogP contribution in [0, 0.1) is 23.0 Å². The third-order valence-electron chi connectivity index (χ3n) is 4.49. The van der Waals surface area contributed by atoms with Gasteiger partial charge in [0.25, 0.3) is 0 Å². The van der Waals surface area contributed by atoms with Crippen LogP contribution in [-0.2, 0) is 6.54 Å². The van der Waals surface area contributed by atoms with E-state index in [0.29, 0.717) is 24.2 Å². The number of pyridine rings is 1. The van der Waals surface area contributed by atoms with Crippen LogP contribution in [0.25, 0.3) is 34.3 Å². The molecule has 29 heavy (non-hydrogen) atoms. The lowest BCUT2D eigenvalue weighted by molar-refractivity contribution is 0.509. The van der Waals surface area contributed by atoms with Crippen molar-refractivity contribution in [3.05, 3.63) is 83.7 Å². The lowest BCUT2D eigenvalue weighted by Gasteiger charge is -2.01. The number of benzene rings is 2. The van der Waals surface area contributed by atoms with Gasteiger partial charge in [0, 0.05) is 22.7 Å². The average molecular weight is 386 g/mol. The Hall–Kier alpha value is -3.85. The van der Waals surface area contributed by atoms with E-state index < -0.39 is 11.6 Å². The van der Waals surface area contributed by atoms with E-state index in [4.69, 9.17) is 5.26 Å². The highest BCUT2D eigenvalue weighted by Crippen LogP contribution is 2.26. The van der Waals surface area contributed by atoms with Crippen molar-refractivity contribution < 1.29 is 8.78 Å².